The van der Waals surface area contributed by atoms with Crippen molar-refractivity contribution in [1.82, 2.24) is 14.9 Å². The average molecular weight is 518 g/mol. The number of ether oxygens (including phenoxy) is 2. The molecule has 2 aromatic heterocycles. The summed E-state index contributed by atoms with van der Waals surface area (Å²) >= 11 is 0. The van der Waals surface area contributed by atoms with Gasteiger partial charge >= 0.3 is 6.03 Å². The molecule has 2 atom stereocenters. The van der Waals surface area contributed by atoms with Crippen LogP contribution in [0.5, 0.6) is 0 Å². The molecule has 2 N–H and O–H groups in total. The third-order valence-corrected chi connectivity index (χ3v) is 8.23. The summed E-state index contributed by atoms with van der Waals surface area (Å²) < 4.78 is 12.1. The van der Waals surface area contributed by atoms with Gasteiger partial charge in [-0.15, -0.1) is 0 Å². The van der Waals surface area contributed by atoms with Crippen molar-refractivity contribution in [3.63, 3.8) is 0 Å². The van der Waals surface area contributed by atoms with Crippen LogP contribution in [0, 0.1) is 11.3 Å². The first-order chi connectivity index (χ1) is 18.4. The fourth-order valence-corrected chi connectivity index (χ4v) is 6.28. The minimum atomic E-state index is -0.486. The lowest BCUT2D eigenvalue weighted by Crippen LogP contribution is -2.65. The number of nitrogens with one attached hydrogen (secondary N) is 2. The number of nitriles is 1. The predicted molar refractivity (Wildman–Crippen MR) is 139 cm³/mol. The molecule has 3 aliphatic heterocycles. The second kappa shape index (κ2) is 9.62. The molecule has 3 fully saturated rings. The summed E-state index contributed by atoms with van der Waals surface area (Å²) in [5.41, 5.74) is 1.60. The van der Waals surface area contributed by atoms with Gasteiger partial charge < -0.3 is 19.7 Å². The zero-order chi connectivity index (χ0) is 26.4. The average Bonchev–Trinajstić information content (AvgIpc) is 3.33. The number of hydrogen-bond acceptors (Lipinski definition) is 9. The van der Waals surface area contributed by atoms with Gasteiger partial charge in [0.2, 0.25) is 0 Å². The molecular weight excluding hydrogens is 486 g/mol. The summed E-state index contributed by atoms with van der Waals surface area (Å²) in [5, 5.41) is 15.9. The molecule has 0 spiro atoms. The van der Waals surface area contributed by atoms with Gasteiger partial charge in [-0.3, -0.25) is 15.0 Å². The van der Waals surface area contributed by atoms with Crippen LogP contribution in [-0.4, -0.2) is 78.7 Å². The number of pyridine rings is 2. The number of aldehydes is 1. The Labute approximate surface area is 221 Å². The van der Waals surface area contributed by atoms with Gasteiger partial charge in [-0.2, -0.15) is 5.26 Å². The quantitative estimate of drug-likeness (QED) is 0.532. The van der Waals surface area contributed by atoms with Gasteiger partial charge in [-0.05, 0) is 32.4 Å². The summed E-state index contributed by atoms with van der Waals surface area (Å²) in [7, 11) is 3.75. The fourth-order valence-electron chi connectivity index (χ4n) is 6.28. The Morgan fingerprint density at radius 1 is 1.29 bits per heavy atom. The highest BCUT2D eigenvalue weighted by Gasteiger charge is 2.58. The molecule has 198 valence electrons. The Morgan fingerprint density at radius 3 is 2.82 bits per heavy atom. The Balaban J connectivity index is 1.25. The number of anilines is 3. The van der Waals surface area contributed by atoms with E-state index in [-0.39, 0.29) is 36.0 Å². The number of likely N-dealkylation sites (N-methyl/N-ethyl adjacent to an activating group) is 1. The van der Waals surface area contributed by atoms with Gasteiger partial charge in [-0.1, -0.05) is 6.07 Å². The van der Waals surface area contributed by atoms with Crippen LogP contribution in [0.1, 0.15) is 53.7 Å². The monoisotopic (exact) mass is 517 g/mol. The van der Waals surface area contributed by atoms with Crippen LogP contribution in [0.25, 0.3) is 0 Å². The summed E-state index contributed by atoms with van der Waals surface area (Å²) in [6, 6.07) is 6.98. The lowest BCUT2D eigenvalue weighted by Gasteiger charge is -2.58. The minimum Gasteiger partial charge on any atom is -0.379 e. The van der Waals surface area contributed by atoms with Crippen molar-refractivity contribution in [2.45, 2.75) is 62.0 Å². The number of methoxy groups -OCH3 is 1. The van der Waals surface area contributed by atoms with Crippen LogP contribution < -0.4 is 15.5 Å². The molecule has 2 aliphatic carbocycles. The first-order valence-electron chi connectivity index (χ1n) is 13.1. The van der Waals surface area contributed by atoms with E-state index in [1.807, 2.05) is 6.07 Å². The van der Waals surface area contributed by atoms with E-state index < -0.39 is 5.60 Å². The summed E-state index contributed by atoms with van der Waals surface area (Å²) in [6.45, 7) is 1.75. The largest absolute Gasteiger partial charge is 0.379 e. The van der Waals surface area contributed by atoms with E-state index in [4.69, 9.17) is 9.47 Å². The molecule has 11 nitrogen and oxygen atoms in total. The topological polar surface area (TPSA) is 133 Å². The lowest BCUT2D eigenvalue weighted by molar-refractivity contribution is -0.190. The van der Waals surface area contributed by atoms with Crippen molar-refractivity contribution < 1.29 is 19.1 Å². The van der Waals surface area contributed by atoms with E-state index in [0.717, 1.165) is 37.9 Å². The molecule has 38 heavy (non-hydrogen) atoms. The van der Waals surface area contributed by atoms with Crippen molar-refractivity contribution in [3.8, 4) is 6.07 Å². The van der Waals surface area contributed by atoms with Crippen LogP contribution in [0.4, 0.5) is 22.1 Å². The van der Waals surface area contributed by atoms with Gasteiger partial charge in [-0.25, -0.2) is 14.8 Å². The van der Waals surface area contributed by atoms with E-state index in [2.05, 4.69) is 38.6 Å². The molecule has 0 radical (unpaired) electrons. The highest BCUT2D eigenvalue weighted by Crippen LogP contribution is 2.56. The predicted octanol–water partition coefficient (Wildman–Crippen LogP) is 2.88. The van der Waals surface area contributed by atoms with Crippen LogP contribution in [-0.2, 0) is 15.1 Å². The molecule has 2 saturated carbocycles. The highest BCUT2D eigenvalue weighted by atomic mass is 16.5. The first kappa shape index (κ1) is 24.7. The molecule has 2 amide bonds. The molecule has 2 unspecified atom stereocenters. The maximum absolute atomic E-state index is 13.6. The van der Waals surface area contributed by atoms with Crippen molar-refractivity contribution >= 4 is 29.6 Å². The number of hydrogen-bond donors (Lipinski definition) is 2. The van der Waals surface area contributed by atoms with E-state index >= 15 is 0 Å². The molecule has 2 bridgehead atoms. The molecule has 5 aliphatic rings. The second-order valence-electron chi connectivity index (χ2n) is 10.7. The zero-order valence-corrected chi connectivity index (χ0v) is 21.5. The second-order valence-corrected chi connectivity index (χ2v) is 10.7. The van der Waals surface area contributed by atoms with E-state index in [1.165, 1.54) is 6.20 Å². The van der Waals surface area contributed by atoms with Crippen molar-refractivity contribution in [1.29, 1.82) is 5.26 Å². The number of carbonyl (C=O) groups is 2. The third kappa shape index (κ3) is 4.18. The lowest BCUT2D eigenvalue weighted by atomic mass is 9.67. The van der Waals surface area contributed by atoms with Gasteiger partial charge in [0, 0.05) is 56.9 Å². The third-order valence-electron chi connectivity index (χ3n) is 8.23. The maximum Gasteiger partial charge on any atom is 0.328 e. The molecule has 7 rings (SSSR count). The maximum atomic E-state index is 13.6. The molecule has 0 aromatic carbocycles. The molecule has 2 aromatic rings. The Kier molecular flexibility index (Phi) is 6.26. The number of rotatable bonds is 7. The number of carbonyl (C=O) groups excluding carboxylic acids is 2. The standard InChI is InChI=1S/C27H31N7O4/c1-33-13-19(14-33)38-27-9-18(10-27)34(25-20(27)7-6-17(15-35)30-25)26(36)32-24-8-22(16(11-28)12-29-24)31-21-4-3-5-23(21)37-2/h6-8,12,15,18-19,21,23H,3-5,9-10,13-14H2,1-2H3,(H2,29,31,32,36). The van der Waals surface area contributed by atoms with Crippen molar-refractivity contribution in [2.24, 2.45) is 0 Å². The van der Waals surface area contributed by atoms with E-state index in [9.17, 15) is 14.9 Å². The molecule has 1 saturated heterocycles. The summed E-state index contributed by atoms with van der Waals surface area (Å²) in [5.74, 6) is 0.768. The molecule has 5 heterocycles. The van der Waals surface area contributed by atoms with Crippen LogP contribution in [0.15, 0.2) is 24.4 Å². The van der Waals surface area contributed by atoms with Gasteiger partial charge in [0.25, 0.3) is 0 Å². The van der Waals surface area contributed by atoms with Gasteiger partial charge in [0.15, 0.2) is 6.29 Å². The van der Waals surface area contributed by atoms with E-state index in [1.54, 1.807) is 24.1 Å². The summed E-state index contributed by atoms with van der Waals surface area (Å²) in [4.78, 5) is 37.8. The number of likely N-dealkylation sites (tertiary alicyclic amines) is 1. The Hall–Kier alpha value is -3.59. The Bertz CT molecular complexity index is 1300. The van der Waals surface area contributed by atoms with Crippen LogP contribution in [0.3, 0.4) is 0 Å². The normalized spacial score (nSPS) is 28.0. The van der Waals surface area contributed by atoms with Crippen molar-refractivity contribution in [2.75, 3.05) is 42.8 Å². The number of urea groups is 1. The molecule has 11 heteroatoms. The van der Waals surface area contributed by atoms with Gasteiger partial charge in [0.1, 0.15) is 29.0 Å². The number of aromatic nitrogens is 2. The van der Waals surface area contributed by atoms with Crippen LogP contribution in [0.2, 0.25) is 0 Å². The van der Waals surface area contributed by atoms with Crippen molar-refractivity contribution in [3.05, 3.63) is 41.2 Å². The summed E-state index contributed by atoms with van der Waals surface area (Å²) in [6.07, 6.45) is 6.63. The van der Waals surface area contributed by atoms with E-state index in [0.29, 0.717) is 42.0 Å². The first-order valence-corrected chi connectivity index (χ1v) is 13.1. The van der Waals surface area contributed by atoms with Crippen LogP contribution >= 0.6 is 0 Å². The number of amides is 2. The number of nitrogens with zero attached hydrogens (tertiary/aromatic N) is 5. The minimum absolute atomic E-state index is 0.0668. The fraction of sp³-hybridized carbons (Fsp3) is 0.519. The molecular formula is C27H31N7O4. The Morgan fingerprint density at radius 2 is 2.11 bits per heavy atom. The van der Waals surface area contributed by atoms with Gasteiger partial charge in [0.05, 0.1) is 29.5 Å². The zero-order valence-electron chi connectivity index (χ0n) is 21.5. The SMILES string of the molecule is COC1CCCC1Nc1cc(NC(=O)N2c3nc(C=O)ccc3C3(OC4CN(C)C4)CC2C3)ncc1C#N. The highest BCUT2D eigenvalue weighted by molar-refractivity contribution is 6.03. The smallest absolute Gasteiger partial charge is 0.328 e.